The monoisotopic (exact) mass is 634 g/mol. The van der Waals surface area contributed by atoms with Gasteiger partial charge in [-0.1, -0.05) is 102 Å². The lowest BCUT2D eigenvalue weighted by atomic mass is 9.95. The number of benzene rings is 4. The fraction of sp³-hybridized carbons (Fsp3) is 0.349. The molecule has 250 valence electrons. The summed E-state index contributed by atoms with van der Waals surface area (Å²) in [4.78, 5) is 0. The summed E-state index contributed by atoms with van der Waals surface area (Å²) in [6.07, 6.45) is 15.3. The predicted octanol–water partition coefficient (Wildman–Crippen LogP) is 12.0. The van der Waals surface area contributed by atoms with Crippen molar-refractivity contribution in [3.05, 3.63) is 117 Å². The standard InChI is InChI=1S/C22H28O2.C21H26O2/c1-5-15(2)9-8-10-16(3)13-14-18-17(4)21(23)19-11-6-7-12-20(19)22(18)24;1-14(2)8-7-9-15(3)12-13-17-16(4)20(22)18-10-5-6-11-19(18)21(17)23/h6-7,9,11-13,23-24H,5,8,10,14H2,1-4H3;5-6,8,10-12,22-23H,7,9,13H2,1-4H3/b15-9+,16-13+;15-12+. The number of phenols is 4. The van der Waals surface area contributed by atoms with Crippen molar-refractivity contribution >= 4 is 21.5 Å². The zero-order valence-corrected chi connectivity index (χ0v) is 29.7. The molecule has 4 rings (SSSR count). The second kappa shape index (κ2) is 17.5. The van der Waals surface area contributed by atoms with E-state index in [4.69, 9.17) is 0 Å². The van der Waals surface area contributed by atoms with Crippen LogP contribution in [0.4, 0.5) is 0 Å². The van der Waals surface area contributed by atoms with Gasteiger partial charge in [-0.3, -0.25) is 0 Å². The van der Waals surface area contributed by atoms with Crippen LogP contribution >= 0.6 is 0 Å². The minimum Gasteiger partial charge on any atom is -0.507 e. The van der Waals surface area contributed by atoms with Gasteiger partial charge >= 0.3 is 0 Å². The highest BCUT2D eigenvalue weighted by atomic mass is 16.3. The van der Waals surface area contributed by atoms with E-state index < -0.39 is 0 Å². The Balaban J connectivity index is 0.000000256. The van der Waals surface area contributed by atoms with Gasteiger partial charge in [-0.25, -0.2) is 0 Å². The van der Waals surface area contributed by atoms with Gasteiger partial charge in [0.2, 0.25) is 0 Å². The topological polar surface area (TPSA) is 80.9 Å². The summed E-state index contributed by atoms with van der Waals surface area (Å²) in [6.45, 7) is 16.5. The molecule has 4 heteroatoms. The summed E-state index contributed by atoms with van der Waals surface area (Å²) in [5.41, 5.74) is 8.51. The predicted molar refractivity (Wildman–Crippen MR) is 201 cm³/mol. The summed E-state index contributed by atoms with van der Waals surface area (Å²) in [5, 5.41) is 44.8. The highest BCUT2D eigenvalue weighted by Gasteiger charge is 2.16. The third kappa shape index (κ3) is 9.78. The molecule has 4 aromatic rings. The molecule has 0 fully saturated rings. The Labute approximate surface area is 282 Å². The summed E-state index contributed by atoms with van der Waals surface area (Å²) in [7, 11) is 0. The van der Waals surface area contributed by atoms with Crippen molar-refractivity contribution < 1.29 is 20.4 Å². The van der Waals surface area contributed by atoms with Crippen LogP contribution in [0.3, 0.4) is 0 Å². The molecule has 0 aromatic heterocycles. The van der Waals surface area contributed by atoms with Crippen LogP contribution in [0.2, 0.25) is 0 Å². The number of phenolic OH excluding ortho intramolecular Hbond substituents is 4. The molecule has 0 aliphatic rings. The molecule has 0 unspecified atom stereocenters. The van der Waals surface area contributed by atoms with Crippen LogP contribution in [0, 0.1) is 13.8 Å². The van der Waals surface area contributed by atoms with E-state index in [1.165, 1.54) is 22.3 Å². The van der Waals surface area contributed by atoms with Crippen LogP contribution < -0.4 is 0 Å². The fourth-order valence-corrected chi connectivity index (χ4v) is 5.70. The minimum atomic E-state index is 0.268. The smallest absolute Gasteiger partial charge is 0.127 e. The molecule has 4 aromatic carbocycles. The Morgan fingerprint density at radius 1 is 0.511 bits per heavy atom. The van der Waals surface area contributed by atoms with Gasteiger partial charge in [-0.05, 0) is 105 Å². The van der Waals surface area contributed by atoms with Crippen LogP contribution in [0.15, 0.2) is 95.1 Å². The molecule has 0 heterocycles. The largest absolute Gasteiger partial charge is 0.507 e. The van der Waals surface area contributed by atoms with Crippen LogP contribution in [0.1, 0.15) is 95.9 Å². The molecule has 0 amide bonds. The van der Waals surface area contributed by atoms with Gasteiger partial charge in [-0.2, -0.15) is 0 Å². The number of hydrogen-bond acceptors (Lipinski definition) is 4. The first-order valence-electron chi connectivity index (χ1n) is 16.8. The van der Waals surface area contributed by atoms with E-state index >= 15 is 0 Å². The van der Waals surface area contributed by atoms with Gasteiger partial charge in [0.15, 0.2) is 0 Å². The van der Waals surface area contributed by atoms with E-state index in [0.717, 1.165) is 54.4 Å². The number of hydrogen-bond donors (Lipinski definition) is 4. The quantitative estimate of drug-likeness (QED) is 0.0977. The summed E-state index contributed by atoms with van der Waals surface area (Å²) >= 11 is 0. The lowest BCUT2D eigenvalue weighted by molar-refractivity contribution is 0.461. The molecule has 0 aliphatic carbocycles. The van der Waals surface area contributed by atoms with Crippen LogP contribution in [-0.4, -0.2) is 20.4 Å². The SMILES string of the molecule is CC(C)=CCC/C(C)=C/Cc1c(C)c(O)c2ccccc2c1O.CC/C(C)=C/CC/C(C)=C/Cc1c(C)c(O)c2ccccc2c1O. The minimum absolute atomic E-state index is 0.268. The Morgan fingerprint density at radius 3 is 1.23 bits per heavy atom. The van der Waals surface area contributed by atoms with Gasteiger partial charge in [0.25, 0.3) is 0 Å². The number of allylic oxidation sites excluding steroid dienone is 8. The van der Waals surface area contributed by atoms with Crippen molar-refractivity contribution in [1.82, 2.24) is 0 Å². The molecule has 0 spiro atoms. The molecule has 0 saturated heterocycles. The van der Waals surface area contributed by atoms with Crippen molar-refractivity contribution in [2.75, 3.05) is 0 Å². The van der Waals surface area contributed by atoms with Crippen molar-refractivity contribution in [2.45, 2.75) is 100 Å². The molecule has 0 saturated carbocycles. The van der Waals surface area contributed by atoms with Gasteiger partial charge in [0, 0.05) is 32.7 Å². The Bertz CT molecular complexity index is 1810. The third-order valence-corrected chi connectivity index (χ3v) is 9.05. The number of rotatable bonds is 11. The lowest BCUT2D eigenvalue weighted by Crippen LogP contribution is -1.92. The van der Waals surface area contributed by atoms with E-state index in [0.29, 0.717) is 34.4 Å². The molecule has 0 atom stereocenters. The maximum atomic E-state index is 10.6. The highest BCUT2D eigenvalue weighted by molar-refractivity contribution is 5.96. The summed E-state index contributed by atoms with van der Waals surface area (Å²) < 4.78 is 0. The Kier molecular flexibility index (Phi) is 13.8. The normalized spacial score (nSPS) is 12.3. The van der Waals surface area contributed by atoms with Gasteiger partial charge in [-0.15, -0.1) is 0 Å². The van der Waals surface area contributed by atoms with E-state index in [1.807, 2.05) is 62.4 Å². The number of aromatic hydroxyl groups is 4. The van der Waals surface area contributed by atoms with Gasteiger partial charge < -0.3 is 20.4 Å². The average molecular weight is 635 g/mol. The maximum Gasteiger partial charge on any atom is 0.127 e. The molecule has 4 nitrogen and oxygen atoms in total. The van der Waals surface area contributed by atoms with Crippen molar-refractivity contribution in [3.63, 3.8) is 0 Å². The molecular weight excluding hydrogens is 580 g/mol. The van der Waals surface area contributed by atoms with E-state index in [2.05, 4.69) is 65.8 Å². The first kappa shape index (κ1) is 37.0. The second-order valence-electron chi connectivity index (χ2n) is 13.0. The lowest BCUT2D eigenvalue weighted by Gasteiger charge is -2.13. The zero-order chi connectivity index (χ0) is 34.7. The molecule has 47 heavy (non-hydrogen) atoms. The summed E-state index contributed by atoms with van der Waals surface area (Å²) in [6, 6.07) is 14.9. The fourth-order valence-electron chi connectivity index (χ4n) is 5.70. The van der Waals surface area contributed by atoms with E-state index in [1.54, 1.807) is 0 Å². The Morgan fingerprint density at radius 2 is 0.872 bits per heavy atom. The van der Waals surface area contributed by atoms with E-state index in [9.17, 15) is 20.4 Å². The molecule has 0 radical (unpaired) electrons. The molecular formula is C43H54O4. The van der Waals surface area contributed by atoms with Crippen LogP contribution in [0.5, 0.6) is 23.0 Å². The van der Waals surface area contributed by atoms with Gasteiger partial charge in [0.05, 0.1) is 0 Å². The maximum absolute atomic E-state index is 10.6. The first-order valence-corrected chi connectivity index (χ1v) is 16.8. The molecule has 4 N–H and O–H groups in total. The highest BCUT2D eigenvalue weighted by Crippen LogP contribution is 2.40. The third-order valence-electron chi connectivity index (χ3n) is 9.05. The Hall–Kier alpha value is -4.44. The molecule has 0 aliphatic heterocycles. The van der Waals surface area contributed by atoms with Crippen LogP contribution in [-0.2, 0) is 12.8 Å². The average Bonchev–Trinajstić information content (AvgIpc) is 3.06. The number of fused-ring (bicyclic) bond motifs is 2. The van der Waals surface area contributed by atoms with Gasteiger partial charge in [0.1, 0.15) is 23.0 Å². The van der Waals surface area contributed by atoms with E-state index in [-0.39, 0.29) is 23.0 Å². The zero-order valence-electron chi connectivity index (χ0n) is 29.7. The van der Waals surface area contributed by atoms with Crippen molar-refractivity contribution in [3.8, 4) is 23.0 Å². The van der Waals surface area contributed by atoms with Crippen molar-refractivity contribution in [1.29, 1.82) is 0 Å². The van der Waals surface area contributed by atoms with Crippen LogP contribution in [0.25, 0.3) is 21.5 Å². The molecule has 0 bridgehead atoms. The second-order valence-corrected chi connectivity index (χ2v) is 13.0. The van der Waals surface area contributed by atoms with Crippen molar-refractivity contribution in [2.24, 2.45) is 0 Å². The first-order chi connectivity index (χ1) is 22.4. The summed E-state index contributed by atoms with van der Waals surface area (Å²) in [5.74, 6) is 1.10.